The average Bonchev–Trinajstić information content (AvgIpc) is 3.11. The van der Waals surface area contributed by atoms with Gasteiger partial charge in [0, 0.05) is 18.8 Å². The van der Waals surface area contributed by atoms with Crippen molar-refractivity contribution in [2.24, 2.45) is 11.8 Å². The molecule has 1 aromatic heterocycles. The van der Waals surface area contributed by atoms with Gasteiger partial charge in [-0.25, -0.2) is 4.79 Å². The van der Waals surface area contributed by atoms with Crippen LogP contribution in [0.15, 0.2) is 18.3 Å². The number of carbonyl (C=O) groups is 2. The van der Waals surface area contributed by atoms with Gasteiger partial charge in [0.25, 0.3) is 5.91 Å². The molecular formula is C16H22N2O3. The van der Waals surface area contributed by atoms with E-state index < -0.39 is 12.0 Å². The normalized spacial score (nSPS) is 28.1. The Kier molecular flexibility index (Phi) is 3.51. The number of hydrogen-bond acceptors (Lipinski definition) is 2. The summed E-state index contributed by atoms with van der Waals surface area (Å²) >= 11 is 0. The lowest BCUT2D eigenvalue weighted by Crippen LogP contribution is -2.44. The number of likely N-dealkylation sites (tertiary alicyclic amines) is 1. The van der Waals surface area contributed by atoms with Gasteiger partial charge in [0.1, 0.15) is 11.7 Å². The summed E-state index contributed by atoms with van der Waals surface area (Å²) in [5.74, 6) is -0.512. The number of carboxylic acids is 1. The molecule has 3 rings (SSSR count). The van der Waals surface area contributed by atoms with Gasteiger partial charge in [-0.15, -0.1) is 0 Å². The maximum Gasteiger partial charge on any atom is 0.326 e. The summed E-state index contributed by atoms with van der Waals surface area (Å²) < 4.78 is 1.91. The number of carbonyl (C=O) groups excluding carboxylic acids is 1. The molecular weight excluding hydrogens is 268 g/mol. The summed E-state index contributed by atoms with van der Waals surface area (Å²) in [5, 5.41) is 9.55. The lowest BCUT2D eigenvalue weighted by atomic mass is 9.94. The first kappa shape index (κ1) is 14.2. The minimum Gasteiger partial charge on any atom is -0.480 e. The third kappa shape index (κ3) is 2.24. The molecule has 114 valence electrons. The van der Waals surface area contributed by atoms with Crippen LogP contribution in [0.3, 0.4) is 0 Å². The van der Waals surface area contributed by atoms with E-state index in [0.29, 0.717) is 18.2 Å². The van der Waals surface area contributed by atoms with Crippen LogP contribution >= 0.6 is 0 Å². The van der Waals surface area contributed by atoms with E-state index in [1.54, 1.807) is 11.0 Å². The molecule has 1 aliphatic heterocycles. The van der Waals surface area contributed by atoms with Crippen molar-refractivity contribution in [3.8, 4) is 0 Å². The van der Waals surface area contributed by atoms with Crippen LogP contribution in [0, 0.1) is 11.8 Å². The topological polar surface area (TPSA) is 62.5 Å². The van der Waals surface area contributed by atoms with Gasteiger partial charge in [-0.1, -0.05) is 6.42 Å². The summed E-state index contributed by atoms with van der Waals surface area (Å²) in [7, 11) is 0. The van der Waals surface area contributed by atoms with Gasteiger partial charge < -0.3 is 14.6 Å². The minimum absolute atomic E-state index is 0.133. The third-order valence-electron chi connectivity index (χ3n) is 4.96. The number of carboxylic acid groups (broad SMARTS) is 1. The van der Waals surface area contributed by atoms with Crippen molar-refractivity contribution < 1.29 is 14.7 Å². The monoisotopic (exact) mass is 290 g/mol. The molecule has 1 N–H and O–H groups in total. The molecule has 3 unspecified atom stereocenters. The van der Waals surface area contributed by atoms with Gasteiger partial charge in [-0.05, 0) is 50.7 Å². The molecule has 1 aromatic rings. The fourth-order valence-electron chi connectivity index (χ4n) is 4.00. The van der Waals surface area contributed by atoms with E-state index in [0.717, 1.165) is 19.3 Å². The van der Waals surface area contributed by atoms with Gasteiger partial charge in [0.05, 0.1) is 0 Å². The summed E-state index contributed by atoms with van der Waals surface area (Å²) in [6.45, 7) is 4.62. The minimum atomic E-state index is -0.861. The molecule has 1 saturated heterocycles. The first-order chi connectivity index (χ1) is 10.0. The molecule has 0 spiro atoms. The predicted molar refractivity (Wildman–Crippen MR) is 78.1 cm³/mol. The Balaban J connectivity index is 1.90. The Hall–Kier alpha value is -1.78. The van der Waals surface area contributed by atoms with Crippen molar-refractivity contribution >= 4 is 11.9 Å². The second kappa shape index (κ2) is 5.20. The molecule has 5 nitrogen and oxygen atoms in total. The van der Waals surface area contributed by atoms with Gasteiger partial charge in [-0.3, -0.25) is 4.79 Å². The van der Waals surface area contributed by atoms with Gasteiger partial charge >= 0.3 is 5.97 Å². The zero-order valence-electron chi connectivity index (χ0n) is 12.5. The highest BCUT2D eigenvalue weighted by atomic mass is 16.4. The fraction of sp³-hybridized carbons (Fsp3) is 0.625. The first-order valence-corrected chi connectivity index (χ1v) is 7.71. The molecule has 0 radical (unpaired) electrons. The number of hydrogen-bond donors (Lipinski definition) is 1. The lowest BCUT2D eigenvalue weighted by molar-refractivity contribution is -0.142. The largest absolute Gasteiger partial charge is 0.480 e. The Morgan fingerprint density at radius 3 is 2.76 bits per heavy atom. The Bertz CT molecular complexity index is 564. The standard InChI is InChI=1S/C16H22N2O3/c1-10(2)17-8-4-7-13(17)15(19)18-9-11-5-3-6-12(11)14(18)16(20)21/h4,7-8,10-12,14H,3,5-6,9H2,1-2H3,(H,20,21). The van der Waals surface area contributed by atoms with Gasteiger partial charge in [0.15, 0.2) is 0 Å². The van der Waals surface area contributed by atoms with Gasteiger partial charge in [-0.2, -0.15) is 0 Å². The lowest BCUT2D eigenvalue weighted by Gasteiger charge is -2.25. The summed E-state index contributed by atoms with van der Waals surface area (Å²) in [5.41, 5.74) is 0.594. The Labute approximate surface area is 124 Å². The number of amides is 1. The molecule has 1 amide bonds. The highest BCUT2D eigenvalue weighted by Gasteiger charge is 2.49. The number of rotatable bonds is 3. The molecule has 0 aromatic carbocycles. The van der Waals surface area contributed by atoms with Crippen LogP contribution in [0.1, 0.15) is 49.6 Å². The Morgan fingerprint density at radius 1 is 1.33 bits per heavy atom. The van der Waals surface area contributed by atoms with Crippen molar-refractivity contribution in [3.63, 3.8) is 0 Å². The summed E-state index contributed by atoms with van der Waals surface area (Å²) in [4.78, 5) is 26.1. The van der Waals surface area contributed by atoms with Crippen molar-refractivity contribution in [1.82, 2.24) is 9.47 Å². The zero-order chi connectivity index (χ0) is 15.1. The van der Waals surface area contributed by atoms with Gasteiger partial charge in [0.2, 0.25) is 0 Å². The van der Waals surface area contributed by atoms with E-state index in [-0.39, 0.29) is 17.9 Å². The van der Waals surface area contributed by atoms with E-state index in [4.69, 9.17) is 0 Å². The smallest absolute Gasteiger partial charge is 0.326 e. The van der Waals surface area contributed by atoms with Crippen molar-refractivity contribution in [2.45, 2.75) is 45.2 Å². The maximum absolute atomic E-state index is 12.8. The second-order valence-corrected chi connectivity index (χ2v) is 6.49. The molecule has 5 heteroatoms. The average molecular weight is 290 g/mol. The number of aliphatic carboxylic acids is 1. The third-order valence-corrected chi connectivity index (χ3v) is 4.96. The number of aromatic nitrogens is 1. The van der Waals surface area contributed by atoms with E-state index >= 15 is 0 Å². The van der Waals surface area contributed by atoms with Crippen LogP contribution in [0.4, 0.5) is 0 Å². The van der Waals surface area contributed by atoms with Crippen molar-refractivity contribution in [3.05, 3.63) is 24.0 Å². The van der Waals surface area contributed by atoms with Crippen LogP contribution in [0.25, 0.3) is 0 Å². The predicted octanol–water partition coefficient (Wildman–Crippen LogP) is 2.39. The first-order valence-electron chi connectivity index (χ1n) is 7.71. The molecule has 3 atom stereocenters. The summed E-state index contributed by atoms with van der Waals surface area (Å²) in [6, 6.07) is 3.17. The maximum atomic E-state index is 12.8. The Morgan fingerprint density at radius 2 is 2.10 bits per heavy atom. The second-order valence-electron chi connectivity index (χ2n) is 6.49. The van der Waals surface area contributed by atoms with Crippen LogP contribution < -0.4 is 0 Å². The van der Waals surface area contributed by atoms with Crippen LogP contribution in [0.5, 0.6) is 0 Å². The summed E-state index contributed by atoms with van der Waals surface area (Å²) in [6.07, 6.45) is 4.94. The molecule has 2 heterocycles. The quantitative estimate of drug-likeness (QED) is 0.929. The zero-order valence-corrected chi connectivity index (χ0v) is 12.5. The van der Waals surface area contributed by atoms with Crippen molar-refractivity contribution in [1.29, 1.82) is 0 Å². The van der Waals surface area contributed by atoms with Crippen LogP contribution in [-0.4, -0.2) is 39.0 Å². The number of fused-ring (bicyclic) bond motifs is 1. The molecule has 1 aliphatic carbocycles. The van der Waals surface area contributed by atoms with Crippen LogP contribution in [0.2, 0.25) is 0 Å². The molecule has 2 fully saturated rings. The van der Waals surface area contributed by atoms with Crippen LogP contribution in [-0.2, 0) is 4.79 Å². The fourth-order valence-corrected chi connectivity index (χ4v) is 4.00. The molecule has 2 aliphatic rings. The molecule has 1 saturated carbocycles. The van der Waals surface area contributed by atoms with E-state index in [9.17, 15) is 14.7 Å². The SMILES string of the molecule is CC(C)n1cccc1C(=O)N1CC2CCCC2C1C(=O)O. The molecule has 0 bridgehead atoms. The van der Waals surface area contributed by atoms with Crippen molar-refractivity contribution in [2.75, 3.05) is 6.54 Å². The van der Waals surface area contributed by atoms with E-state index in [2.05, 4.69) is 0 Å². The molecule has 21 heavy (non-hydrogen) atoms. The van der Waals surface area contributed by atoms with E-state index in [1.807, 2.05) is 30.7 Å². The van der Waals surface area contributed by atoms with E-state index in [1.165, 1.54) is 0 Å². The highest BCUT2D eigenvalue weighted by Crippen LogP contribution is 2.42. The number of nitrogens with zero attached hydrogens (tertiary/aromatic N) is 2. The highest BCUT2D eigenvalue weighted by molar-refractivity contribution is 5.96.